The number of alkyl carbamates (subject to hydrolysis) is 1. The number of esters is 2. The van der Waals surface area contributed by atoms with Crippen LogP contribution in [-0.4, -0.2) is 72.5 Å². The van der Waals surface area contributed by atoms with Gasteiger partial charge in [-0.3, -0.25) is 14.4 Å². The molecule has 0 fully saturated rings. The highest BCUT2D eigenvalue weighted by Gasteiger charge is 2.29. The molecule has 0 aliphatic rings. The maximum absolute atomic E-state index is 12.9. The van der Waals surface area contributed by atoms with Crippen LogP contribution in [0.2, 0.25) is 0 Å². The van der Waals surface area contributed by atoms with Crippen molar-refractivity contribution in [3.63, 3.8) is 0 Å². The minimum Gasteiger partial charge on any atom is -0.481 e. The number of carbonyl (C=O) groups is 5. The number of hydrogen-bond acceptors (Lipinski definition) is 9. The van der Waals surface area contributed by atoms with E-state index in [9.17, 15) is 29.1 Å². The molecule has 0 rings (SSSR count). The molecule has 0 radical (unpaired) electrons. The summed E-state index contributed by atoms with van der Waals surface area (Å²) in [5.74, 6) is -2.86. The van der Waals surface area contributed by atoms with Crippen LogP contribution in [0.25, 0.3) is 0 Å². The Hall–Kier alpha value is -2.69. The van der Waals surface area contributed by atoms with Crippen molar-refractivity contribution < 1.29 is 48.0 Å². The highest BCUT2D eigenvalue weighted by molar-refractivity contribution is 5.85. The molecule has 0 heterocycles. The maximum Gasteiger partial charge on any atom is 0.408 e. The second-order valence-corrected chi connectivity index (χ2v) is 18.0. The fourth-order valence-electron chi connectivity index (χ4n) is 7.16. The van der Waals surface area contributed by atoms with Crippen molar-refractivity contribution in [2.75, 3.05) is 19.8 Å². The predicted octanol–water partition coefficient (Wildman–Crippen LogP) is 12.9. The zero-order valence-electron chi connectivity index (χ0n) is 39.2. The molecular formula is C49H91NO10. The number of aliphatic carboxylic acids is 1. The molecule has 0 aliphatic heterocycles. The third-order valence-electron chi connectivity index (χ3n) is 10.7. The Balaban J connectivity index is 4.64. The van der Waals surface area contributed by atoms with Crippen molar-refractivity contribution >= 4 is 29.8 Å². The van der Waals surface area contributed by atoms with Crippen LogP contribution in [-0.2, 0) is 38.1 Å². The van der Waals surface area contributed by atoms with Gasteiger partial charge in [-0.1, -0.05) is 194 Å². The summed E-state index contributed by atoms with van der Waals surface area (Å²) in [6.45, 7) is 8.67. The van der Waals surface area contributed by atoms with Crippen LogP contribution in [0.5, 0.6) is 0 Å². The van der Waals surface area contributed by atoms with Crippen LogP contribution < -0.4 is 5.32 Å². The summed E-state index contributed by atoms with van der Waals surface area (Å²) in [6.07, 6.45) is 34.9. The van der Waals surface area contributed by atoms with Crippen molar-refractivity contribution in [2.24, 2.45) is 0 Å². The smallest absolute Gasteiger partial charge is 0.408 e. The van der Waals surface area contributed by atoms with Gasteiger partial charge in [-0.25, -0.2) is 9.59 Å². The molecule has 60 heavy (non-hydrogen) atoms. The van der Waals surface area contributed by atoms with E-state index in [0.29, 0.717) is 12.8 Å². The van der Waals surface area contributed by atoms with E-state index in [1.807, 2.05) is 0 Å². The van der Waals surface area contributed by atoms with Crippen LogP contribution in [0.15, 0.2) is 0 Å². The number of carboxylic acid groups (broad SMARTS) is 1. The van der Waals surface area contributed by atoms with Crippen molar-refractivity contribution in [1.82, 2.24) is 5.32 Å². The third-order valence-corrected chi connectivity index (χ3v) is 10.7. The molecule has 11 heteroatoms. The standard InChI is InChI=1S/C49H91NO10/c1-6-8-10-12-14-16-18-20-22-24-26-28-30-32-34-36-42(51)39-57-40-43(41-58-47(55)44(38-45(52)53)50-48(56)60-49(3,4)5)59-46(54)37-35-33-31-29-27-25-23-21-19-17-15-13-11-9-7-2/h43-44H,6-41H2,1-5H3,(H,50,56)(H,52,53). The Morgan fingerprint density at radius 1 is 0.533 bits per heavy atom. The Bertz CT molecular complexity index is 1070. The molecule has 11 nitrogen and oxygen atoms in total. The average molecular weight is 854 g/mol. The van der Waals surface area contributed by atoms with Crippen LogP contribution >= 0.6 is 0 Å². The van der Waals surface area contributed by atoms with E-state index in [-0.39, 0.29) is 25.4 Å². The van der Waals surface area contributed by atoms with Crippen LogP contribution in [0, 0.1) is 0 Å². The topological polar surface area (TPSA) is 155 Å². The number of Topliss-reactive ketones (excluding diaryl/α,β-unsaturated/α-hetero) is 1. The van der Waals surface area contributed by atoms with Crippen LogP contribution in [0.1, 0.15) is 247 Å². The lowest BCUT2D eigenvalue weighted by molar-refractivity contribution is -0.164. The molecule has 2 unspecified atom stereocenters. The lowest BCUT2D eigenvalue weighted by Gasteiger charge is -2.23. The van der Waals surface area contributed by atoms with Gasteiger partial charge in [0.1, 0.15) is 24.9 Å². The first-order chi connectivity index (χ1) is 28.9. The highest BCUT2D eigenvalue weighted by Crippen LogP contribution is 2.16. The Kier molecular flexibility index (Phi) is 38.6. The van der Waals surface area contributed by atoms with Gasteiger partial charge in [-0.15, -0.1) is 0 Å². The average Bonchev–Trinajstić information content (AvgIpc) is 3.18. The second kappa shape index (κ2) is 40.4. The molecule has 2 atom stereocenters. The fraction of sp³-hybridized carbons (Fsp3) is 0.898. The summed E-state index contributed by atoms with van der Waals surface area (Å²) in [5.41, 5.74) is -0.866. The Labute approximate surface area is 366 Å². The number of amides is 1. The molecular weight excluding hydrogens is 763 g/mol. The zero-order chi connectivity index (χ0) is 44.5. The van der Waals surface area contributed by atoms with Crippen molar-refractivity contribution in [3.05, 3.63) is 0 Å². The quantitative estimate of drug-likeness (QED) is 0.0344. The number of hydrogen-bond donors (Lipinski definition) is 2. The summed E-state index contributed by atoms with van der Waals surface area (Å²) in [5, 5.41) is 11.6. The molecule has 352 valence electrons. The van der Waals surface area contributed by atoms with Gasteiger partial charge < -0.3 is 29.4 Å². The minimum atomic E-state index is -1.52. The van der Waals surface area contributed by atoms with Crippen molar-refractivity contribution in [2.45, 2.75) is 264 Å². The molecule has 0 aromatic heterocycles. The van der Waals surface area contributed by atoms with E-state index >= 15 is 0 Å². The largest absolute Gasteiger partial charge is 0.481 e. The van der Waals surface area contributed by atoms with Gasteiger partial charge in [0.05, 0.1) is 13.0 Å². The lowest BCUT2D eigenvalue weighted by Crippen LogP contribution is -2.46. The molecule has 0 saturated carbocycles. The van der Waals surface area contributed by atoms with Gasteiger partial charge in [0, 0.05) is 12.8 Å². The van der Waals surface area contributed by atoms with Gasteiger partial charge in [-0.2, -0.15) is 0 Å². The number of carboxylic acids is 1. The molecule has 0 aliphatic carbocycles. The summed E-state index contributed by atoms with van der Waals surface area (Å²) >= 11 is 0. The van der Waals surface area contributed by atoms with Gasteiger partial charge in [0.25, 0.3) is 0 Å². The molecule has 0 aromatic rings. The minimum absolute atomic E-state index is 0.0485. The highest BCUT2D eigenvalue weighted by atomic mass is 16.6. The first kappa shape index (κ1) is 57.3. The van der Waals surface area contributed by atoms with Crippen LogP contribution in [0.3, 0.4) is 0 Å². The van der Waals surface area contributed by atoms with E-state index in [1.54, 1.807) is 20.8 Å². The van der Waals surface area contributed by atoms with Gasteiger partial charge >= 0.3 is 24.0 Å². The second-order valence-electron chi connectivity index (χ2n) is 18.0. The summed E-state index contributed by atoms with van der Waals surface area (Å²) < 4.78 is 21.8. The normalized spacial score (nSPS) is 12.5. The molecule has 0 aromatic carbocycles. The molecule has 0 bridgehead atoms. The number of carbonyl (C=O) groups excluding carboxylic acids is 4. The lowest BCUT2D eigenvalue weighted by atomic mass is 10.0. The zero-order valence-corrected chi connectivity index (χ0v) is 39.2. The molecule has 2 N–H and O–H groups in total. The first-order valence-corrected chi connectivity index (χ1v) is 24.5. The maximum atomic E-state index is 12.9. The summed E-state index contributed by atoms with van der Waals surface area (Å²) in [6, 6.07) is -1.52. The number of nitrogens with one attached hydrogen (secondary N) is 1. The fourth-order valence-corrected chi connectivity index (χ4v) is 7.16. The SMILES string of the molecule is CCCCCCCCCCCCCCCCCC(=O)COCC(COC(=O)C(CC(=O)O)NC(=O)OC(C)(C)C)OC(=O)CCCCCCCCCCCCCCCCC. The van der Waals surface area contributed by atoms with Crippen molar-refractivity contribution in [1.29, 1.82) is 0 Å². The number of ether oxygens (including phenoxy) is 4. The monoisotopic (exact) mass is 854 g/mol. The summed E-state index contributed by atoms with van der Waals surface area (Å²) in [4.78, 5) is 62.1. The number of rotatable bonds is 43. The van der Waals surface area contributed by atoms with E-state index in [0.717, 1.165) is 38.5 Å². The van der Waals surface area contributed by atoms with Gasteiger partial charge in [0.2, 0.25) is 0 Å². The van der Waals surface area contributed by atoms with E-state index in [1.165, 1.54) is 148 Å². The predicted molar refractivity (Wildman–Crippen MR) is 241 cm³/mol. The Morgan fingerprint density at radius 2 is 0.917 bits per heavy atom. The molecule has 0 saturated heterocycles. The molecule has 1 amide bonds. The summed E-state index contributed by atoms with van der Waals surface area (Å²) in [7, 11) is 0. The number of unbranched alkanes of at least 4 members (excludes halogenated alkanes) is 28. The van der Waals surface area contributed by atoms with E-state index < -0.39 is 54.8 Å². The van der Waals surface area contributed by atoms with E-state index in [2.05, 4.69) is 19.2 Å². The Morgan fingerprint density at radius 3 is 1.30 bits per heavy atom. The van der Waals surface area contributed by atoms with Gasteiger partial charge in [0.15, 0.2) is 11.9 Å². The van der Waals surface area contributed by atoms with Crippen molar-refractivity contribution in [3.8, 4) is 0 Å². The number of ketones is 1. The molecule has 0 spiro atoms. The van der Waals surface area contributed by atoms with E-state index in [4.69, 9.17) is 18.9 Å². The first-order valence-electron chi connectivity index (χ1n) is 24.5. The van der Waals surface area contributed by atoms with Gasteiger partial charge in [-0.05, 0) is 33.6 Å². The third kappa shape index (κ3) is 40.7. The van der Waals surface area contributed by atoms with Crippen LogP contribution in [0.4, 0.5) is 4.79 Å².